The maximum atomic E-state index is 4.14. The Morgan fingerprint density at radius 3 is 2.61 bits per heavy atom. The van der Waals surface area contributed by atoms with Crippen LogP contribution in [0.1, 0.15) is 25.7 Å². The lowest BCUT2D eigenvalue weighted by atomic mass is 10.0. The molecular formula is C13H23N5. The molecule has 0 unspecified atom stereocenters. The Kier molecular flexibility index (Phi) is 3.90. The number of nitrogens with one attached hydrogen (secondary N) is 1. The first-order chi connectivity index (χ1) is 8.90. The molecule has 2 aliphatic rings. The molecule has 2 fully saturated rings. The average molecular weight is 249 g/mol. The van der Waals surface area contributed by atoms with Gasteiger partial charge in [0.05, 0.1) is 6.54 Å². The molecule has 0 amide bonds. The van der Waals surface area contributed by atoms with Gasteiger partial charge in [0.25, 0.3) is 0 Å². The Labute approximate surface area is 109 Å². The minimum absolute atomic E-state index is 0.758. The Hall–Kier alpha value is -0.940. The predicted molar refractivity (Wildman–Crippen MR) is 70.2 cm³/mol. The fourth-order valence-electron chi connectivity index (χ4n) is 2.61. The molecule has 1 aliphatic carbocycles. The summed E-state index contributed by atoms with van der Waals surface area (Å²) < 4.78 is 1.91. The molecule has 2 heterocycles. The van der Waals surface area contributed by atoms with E-state index in [2.05, 4.69) is 20.3 Å². The number of aromatic nitrogens is 3. The molecule has 5 nitrogen and oxygen atoms in total. The third kappa shape index (κ3) is 3.53. The minimum atomic E-state index is 0.758. The summed E-state index contributed by atoms with van der Waals surface area (Å²) in [7, 11) is 0. The van der Waals surface area contributed by atoms with Crippen LogP contribution in [-0.2, 0) is 6.54 Å². The summed E-state index contributed by atoms with van der Waals surface area (Å²) in [5.41, 5.74) is 0. The summed E-state index contributed by atoms with van der Waals surface area (Å²) in [5, 5.41) is 7.86. The molecular weight excluding hydrogens is 226 g/mol. The summed E-state index contributed by atoms with van der Waals surface area (Å²) >= 11 is 0. The van der Waals surface area contributed by atoms with Crippen molar-refractivity contribution in [3.8, 4) is 0 Å². The van der Waals surface area contributed by atoms with Crippen LogP contribution in [0.25, 0.3) is 0 Å². The van der Waals surface area contributed by atoms with Crippen LogP contribution in [0.5, 0.6) is 0 Å². The molecule has 1 saturated carbocycles. The second kappa shape index (κ2) is 5.80. The van der Waals surface area contributed by atoms with Gasteiger partial charge in [-0.15, -0.1) is 0 Å². The van der Waals surface area contributed by atoms with E-state index in [1.807, 2.05) is 4.68 Å². The van der Waals surface area contributed by atoms with Gasteiger partial charge in [-0.2, -0.15) is 5.10 Å². The van der Waals surface area contributed by atoms with Crippen LogP contribution in [0.4, 0.5) is 0 Å². The van der Waals surface area contributed by atoms with Gasteiger partial charge < -0.3 is 10.2 Å². The number of hydrogen-bond acceptors (Lipinski definition) is 4. The zero-order chi connectivity index (χ0) is 12.2. The first-order valence-electron chi connectivity index (χ1n) is 7.18. The fourth-order valence-corrected chi connectivity index (χ4v) is 2.61. The SMILES string of the molecule is c1ncn(CCN2CCC(NCC3CC3)CC2)n1. The number of rotatable bonds is 6. The Morgan fingerprint density at radius 2 is 1.94 bits per heavy atom. The van der Waals surface area contributed by atoms with Gasteiger partial charge in [0.2, 0.25) is 0 Å². The van der Waals surface area contributed by atoms with Crippen molar-refractivity contribution in [2.24, 2.45) is 5.92 Å². The van der Waals surface area contributed by atoms with Crippen molar-refractivity contribution >= 4 is 0 Å². The minimum Gasteiger partial charge on any atom is -0.314 e. The van der Waals surface area contributed by atoms with E-state index < -0.39 is 0 Å². The summed E-state index contributed by atoms with van der Waals surface area (Å²) in [4.78, 5) is 6.51. The lowest BCUT2D eigenvalue weighted by Gasteiger charge is -2.32. The summed E-state index contributed by atoms with van der Waals surface area (Å²) in [6.07, 6.45) is 8.89. The number of piperidine rings is 1. The van der Waals surface area contributed by atoms with Gasteiger partial charge in [-0.25, -0.2) is 4.98 Å². The lowest BCUT2D eigenvalue weighted by Crippen LogP contribution is -2.43. The quantitative estimate of drug-likeness (QED) is 0.808. The fraction of sp³-hybridized carbons (Fsp3) is 0.846. The Bertz CT molecular complexity index is 338. The topological polar surface area (TPSA) is 46.0 Å². The van der Waals surface area contributed by atoms with E-state index in [0.717, 1.165) is 25.0 Å². The monoisotopic (exact) mass is 249 g/mol. The van der Waals surface area contributed by atoms with Crippen molar-refractivity contribution < 1.29 is 0 Å². The van der Waals surface area contributed by atoms with Gasteiger partial charge >= 0.3 is 0 Å². The molecule has 0 radical (unpaired) electrons. The van der Waals surface area contributed by atoms with Crippen LogP contribution in [0.3, 0.4) is 0 Å². The van der Waals surface area contributed by atoms with Crippen molar-refractivity contribution in [1.29, 1.82) is 0 Å². The first-order valence-corrected chi connectivity index (χ1v) is 7.18. The number of likely N-dealkylation sites (tertiary alicyclic amines) is 1. The van der Waals surface area contributed by atoms with Gasteiger partial charge in [-0.1, -0.05) is 0 Å². The van der Waals surface area contributed by atoms with E-state index in [0.29, 0.717) is 0 Å². The van der Waals surface area contributed by atoms with Crippen molar-refractivity contribution in [3.63, 3.8) is 0 Å². The Morgan fingerprint density at radius 1 is 1.11 bits per heavy atom. The standard InChI is InChI=1S/C13H23N5/c1-2-12(1)9-15-13-3-5-17(6-4-13)7-8-18-11-14-10-16-18/h10-13,15H,1-9H2. The van der Waals surface area contributed by atoms with Crippen LogP contribution in [0.15, 0.2) is 12.7 Å². The van der Waals surface area contributed by atoms with E-state index in [-0.39, 0.29) is 0 Å². The highest BCUT2D eigenvalue weighted by molar-refractivity contribution is 4.81. The van der Waals surface area contributed by atoms with Gasteiger partial charge in [-0.3, -0.25) is 4.68 Å². The van der Waals surface area contributed by atoms with E-state index in [1.165, 1.54) is 45.3 Å². The van der Waals surface area contributed by atoms with Crippen molar-refractivity contribution in [1.82, 2.24) is 25.0 Å². The lowest BCUT2D eigenvalue weighted by molar-refractivity contribution is 0.189. The van der Waals surface area contributed by atoms with Crippen LogP contribution < -0.4 is 5.32 Å². The van der Waals surface area contributed by atoms with E-state index in [1.54, 1.807) is 12.7 Å². The third-order valence-electron chi connectivity index (χ3n) is 4.09. The molecule has 3 rings (SSSR count). The van der Waals surface area contributed by atoms with Gasteiger partial charge in [0, 0.05) is 12.6 Å². The number of hydrogen-bond donors (Lipinski definition) is 1. The smallest absolute Gasteiger partial charge is 0.137 e. The predicted octanol–water partition coefficient (Wildman–Crippen LogP) is 0.742. The molecule has 0 bridgehead atoms. The Balaban J connectivity index is 1.32. The second-order valence-electron chi connectivity index (χ2n) is 5.63. The van der Waals surface area contributed by atoms with Gasteiger partial charge in [0.1, 0.15) is 12.7 Å². The zero-order valence-corrected chi connectivity index (χ0v) is 11.0. The van der Waals surface area contributed by atoms with E-state index in [4.69, 9.17) is 0 Å². The van der Waals surface area contributed by atoms with E-state index in [9.17, 15) is 0 Å². The van der Waals surface area contributed by atoms with Gasteiger partial charge in [-0.05, 0) is 51.2 Å². The highest BCUT2D eigenvalue weighted by Gasteiger charge is 2.24. The largest absolute Gasteiger partial charge is 0.314 e. The molecule has 1 aromatic heterocycles. The van der Waals surface area contributed by atoms with Crippen LogP contribution in [-0.4, -0.2) is 51.9 Å². The maximum absolute atomic E-state index is 4.14. The molecule has 5 heteroatoms. The first kappa shape index (κ1) is 12.1. The van der Waals surface area contributed by atoms with Gasteiger partial charge in [0.15, 0.2) is 0 Å². The normalized spacial score (nSPS) is 22.4. The number of nitrogens with zero attached hydrogens (tertiary/aromatic N) is 4. The molecule has 1 saturated heterocycles. The van der Waals surface area contributed by atoms with Crippen molar-refractivity contribution in [2.75, 3.05) is 26.2 Å². The molecule has 1 aliphatic heterocycles. The molecule has 0 spiro atoms. The van der Waals surface area contributed by atoms with Crippen LogP contribution in [0, 0.1) is 5.92 Å². The van der Waals surface area contributed by atoms with Crippen molar-refractivity contribution in [3.05, 3.63) is 12.7 Å². The molecule has 18 heavy (non-hydrogen) atoms. The maximum Gasteiger partial charge on any atom is 0.137 e. The van der Waals surface area contributed by atoms with Crippen LogP contribution in [0.2, 0.25) is 0 Å². The van der Waals surface area contributed by atoms with Crippen molar-refractivity contribution in [2.45, 2.75) is 38.3 Å². The second-order valence-corrected chi connectivity index (χ2v) is 5.63. The summed E-state index contributed by atoms with van der Waals surface area (Å²) in [6, 6.07) is 0.758. The van der Waals surface area contributed by atoms with E-state index >= 15 is 0 Å². The molecule has 0 aromatic carbocycles. The molecule has 1 aromatic rings. The average Bonchev–Trinajstić information content (AvgIpc) is 3.09. The molecule has 1 N–H and O–H groups in total. The van der Waals surface area contributed by atoms with Crippen LogP contribution >= 0.6 is 0 Å². The third-order valence-corrected chi connectivity index (χ3v) is 4.09. The molecule has 0 atom stereocenters. The highest BCUT2D eigenvalue weighted by atomic mass is 15.3. The summed E-state index contributed by atoms with van der Waals surface area (Å²) in [6.45, 7) is 5.75. The zero-order valence-electron chi connectivity index (χ0n) is 11.0. The molecule has 100 valence electrons. The summed E-state index contributed by atoms with van der Waals surface area (Å²) in [5.74, 6) is 0.996. The highest BCUT2D eigenvalue weighted by Crippen LogP contribution is 2.28.